The zero-order chi connectivity index (χ0) is 15.5. The van der Waals surface area contributed by atoms with Crippen molar-refractivity contribution in [2.24, 2.45) is 5.41 Å². The minimum atomic E-state index is -0.0647. The van der Waals surface area contributed by atoms with E-state index in [4.69, 9.17) is 16.3 Å². The van der Waals surface area contributed by atoms with Gasteiger partial charge in [-0.05, 0) is 24.0 Å². The molecule has 114 valence electrons. The van der Waals surface area contributed by atoms with Gasteiger partial charge in [-0.1, -0.05) is 26.0 Å². The fraction of sp³-hybridized carbons (Fsp3) is 0.500. The second kappa shape index (κ2) is 6.58. The summed E-state index contributed by atoms with van der Waals surface area (Å²) < 4.78 is 6.84. The van der Waals surface area contributed by atoms with Gasteiger partial charge in [0.25, 0.3) is 5.56 Å². The Hall–Kier alpha value is -1.39. The van der Waals surface area contributed by atoms with E-state index in [1.165, 1.54) is 0 Å². The zero-order valence-electron chi connectivity index (χ0n) is 12.7. The van der Waals surface area contributed by atoms with Gasteiger partial charge in [-0.15, -0.1) is 11.6 Å². The lowest BCUT2D eigenvalue weighted by Crippen LogP contribution is -2.32. The maximum Gasteiger partial charge on any atom is 0.261 e. The molecule has 2 aromatic rings. The van der Waals surface area contributed by atoms with E-state index in [2.05, 4.69) is 18.8 Å². The Morgan fingerprint density at radius 3 is 2.71 bits per heavy atom. The molecule has 0 N–H and O–H groups in total. The highest BCUT2D eigenvalue weighted by atomic mass is 35.5. The van der Waals surface area contributed by atoms with E-state index in [0.717, 1.165) is 6.42 Å². The third-order valence-corrected chi connectivity index (χ3v) is 3.87. The Kier molecular flexibility index (Phi) is 5.01. The number of methoxy groups -OCH3 is 1. The van der Waals surface area contributed by atoms with E-state index < -0.39 is 0 Å². The van der Waals surface area contributed by atoms with Crippen molar-refractivity contribution in [1.82, 2.24) is 9.55 Å². The summed E-state index contributed by atoms with van der Waals surface area (Å²) in [5.41, 5.74) is 0.607. The highest BCUT2D eigenvalue weighted by molar-refractivity contribution is 6.16. The van der Waals surface area contributed by atoms with Crippen LogP contribution in [0.3, 0.4) is 0 Å². The highest BCUT2D eigenvalue weighted by Crippen LogP contribution is 2.23. The molecule has 1 aromatic carbocycles. The van der Waals surface area contributed by atoms with Crippen LogP contribution in [-0.4, -0.2) is 23.3 Å². The summed E-state index contributed by atoms with van der Waals surface area (Å²) in [6.45, 7) is 5.48. The van der Waals surface area contributed by atoms with Gasteiger partial charge in [0.05, 0.1) is 16.8 Å². The van der Waals surface area contributed by atoms with Crippen LogP contribution in [0.2, 0.25) is 0 Å². The van der Waals surface area contributed by atoms with Gasteiger partial charge in [0.15, 0.2) is 0 Å². The fourth-order valence-electron chi connectivity index (χ4n) is 2.36. The van der Waals surface area contributed by atoms with Crippen LogP contribution in [0.4, 0.5) is 0 Å². The van der Waals surface area contributed by atoms with Crippen LogP contribution in [0, 0.1) is 5.41 Å². The Bertz CT molecular complexity index is 680. The molecule has 0 bridgehead atoms. The molecule has 0 aliphatic carbocycles. The first kappa shape index (κ1) is 16.0. The Labute approximate surface area is 129 Å². The monoisotopic (exact) mass is 308 g/mol. The highest BCUT2D eigenvalue weighted by Gasteiger charge is 2.21. The topological polar surface area (TPSA) is 44.1 Å². The summed E-state index contributed by atoms with van der Waals surface area (Å²) in [4.78, 5) is 17.2. The number of rotatable bonds is 6. The van der Waals surface area contributed by atoms with Gasteiger partial charge in [-0.2, -0.15) is 0 Å². The van der Waals surface area contributed by atoms with Crippen LogP contribution >= 0.6 is 11.6 Å². The number of fused-ring (bicyclic) bond motifs is 1. The molecule has 0 saturated carbocycles. The number of hydrogen-bond donors (Lipinski definition) is 0. The van der Waals surface area contributed by atoms with Gasteiger partial charge >= 0.3 is 0 Å². The average molecular weight is 309 g/mol. The molecule has 1 aromatic heterocycles. The van der Waals surface area contributed by atoms with Gasteiger partial charge in [-0.25, -0.2) is 4.98 Å². The number of alkyl halides is 1. The number of hydrogen-bond acceptors (Lipinski definition) is 3. The van der Waals surface area contributed by atoms with Gasteiger partial charge in [0.2, 0.25) is 0 Å². The van der Waals surface area contributed by atoms with E-state index >= 15 is 0 Å². The van der Waals surface area contributed by atoms with Crippen molar-refractivity contribution in [3.05, 3.63) is 40.4 Å². The van der Waals surface area contributed by atoms with Crippen molar-refractivity contribution < 1.29 is 4.74 Å². The van der Waals surface area contributed by atoms with Crippen molar-refractivity contribution in [1.29, 1.82) is 0 Å². The number of benzene rings is 1. The summed E-state index contributed by atoms with van der Waals surface area (Å²) in [6, 6.07) is 7.38. The Balaban J connectivity index is 2.47. The van der Waals surface area contributed by atoms with Crippen LogP contribution in [0.25, 0.3) is 10.9 Å². The van der Waals surface area contributed by atoms with E-state index in [0.29, 0.717) is 29.9 Å². The fourth-order valence-corrected chi connectivity index (χ4v) is 2.57. The van der Waals surface area contributed by atoms with Gasteiger partial charge in [0, 0.05) is 20.3 Å². The molecule has 0 atom stereocenters. The third-order valence-electron chi connectivity index (χ3n) is 3.63. The zero-order valence-corrected chi connectivity index (χ0v) is 13.5. The van der Waals surface area contributed by atoms with Crippen molar-refractivity contribution in [2.75, 3.05) is 13.7 Å². The summed E-state index contributed by atoms with van der Waals surface area (Å²) in [6.07, 6.45) is 0.866. The lowest BCUT2D eigenvalue weighted by Gasteiger charge is -2.26. The molecule has 4 nitrogen and oxygen atoms in total. The summed E-state index contributed by atoms with van der Waals surface area (Å²) >= 11 is 5.99. The minimum absolute atomic E-state index is 0.0262. The molecule has 0 fully saturated rings. The van der Waals surface area contributed by atoms with Crippen LogP contribution in [0.5, 0.6) is 0 Å². The number of para-hydroxylation sites is 1. The van der Waals surface area contributed by atoms with Crippen LogP contribution in [-0.2, 0) is 17.2 Å². The van der Waals surface area contributed by atoms with E-state index in [1.807, 2.05) is 18.2 Å². The molecule has 0 unspecified atom stereocenters. The predicted octanol–water partition coefficient (Wildman–Crippen LogP) is 3.20. The Morgan fingerprint density at radius 2 is 2.05 bits per heavy atom. The molecule has 2 rings (SSSR count). The largest absolute Gasteiger partial charge is 0.385 e. The molecule has 21 heavy (non-hydrogen) atoms. The molecule has 1 heterocycles. The molecule has 0 aliphatic rings. The first-order valence-corrected chi connectivity index (χ1v) is 7.55. The molecule has 0 aliphatic heterocycles. The second-order valence-electron chi connectivity index (χ2n) is 5.98. The van der Waals surface area contributed by atoms with E-state index in [9.17, 15) is 4.79 Å². The van der Waals surface area contributed by atoms with E-state index in [-0.39, 0.29) is 16.9 Å². The van der Waals surface area contributed by atoms with Crippen LogP contribution < -0.4 is 5.56 Å². The quantitative estimate of drug-likeness (QED) is 0.770. The lowest BCUT2D eigenvalue weighted by atomic mass is 9.89. The van der Waals surface area contributed by atoms with Crippen molar-refractivity contribution >= 4 is 22.5 Å². The van der Waals surface area contributed by atoms with Crippen molar-refractivity contribution in [3.8, 4) is 0 Å². The molecule has 0 radical (unpaired) electrons. The molecule has 0 spiro atoms. The van der Waals surface area contributed by atoms with Gasteiger partial charge in [0.1, 0.15) is 5.82 Å². The average Bonchev–Trinajstić information content (AvgIpc) is 2.48. The third kappa shape index (κ3) is 3.63. The summed E-state index contributed by atoms with van der Waals surface area (Å²) in [5, 5.41) is 0.633. The first-order valence-electron chi connectivity index (χ1n) is 7.02. The smallest absolute Gasteiger partial charge is 0.261 e. The second-order valence-corrected chi connectivity index (χ2v) is 6.24. The van der Waals surface area contributed by atoms with E-state index in [1.54, 1.807) is 17.7 Å². The normalized spacial score (nSPS) is 12.0. The molecule has 5 heteroatoms. The van der Waals surface area contributed by atoms with Gasteiger partial charge in [-0.3, -0.25) is 9.36 Å². The Morgan fingerprint density at radius 1 is 1.33 bits per heavy atom. The number of aromatic nitrogens is 2. The summed E-state index contributed by atoms with van der Waals surface area (Å²) in [5.74, 6) is 0.839. The molecule has 0 saturated heterocycles. The first-order chi connectivity index (χ1) is 9.98. The maximum atomic E-state index is 12.7. The van der Waals surface area contributed by atoms with Crippen LogP contribution in [0.15, 0.2) is 29.1 Å². The SMILES string of the molecule is COCCC(C)(C)Cn1c(CCl)nc2ccccc2c1=O. The number of halogens is 1. The molecule has 0 amide bonds. The van der Waals surface area contributed by atoms with Crippen molar-refractivity contribution in [3.63, 3.8) is 0 Å². The van der Waals surface area contributed by atoms with Crippen LogP contribution in [0.1, 0.15) is 26.1 Å². The number of ether oxygens (including phenoxy) is 1. The molecular weight excluding hydrogens is 288 g/mol. The standard InChI is InChI=1S/C16H21ClN2O2/c1-16(2,8-9-21-3)11-19-14(10-17)18-13-7-5-4-6-12(13)15(19)20/h4-7H,8-11H2,1-3H3. The lowest BCUT2D eigenvalue weighted by molar-refractivity contribution is 0.141. The van der Waals surface area contributed by atoms with Gasteiger partial charge < -0.3 is 4.74 Å². The molecular formula is C16H21ClN2O2. The predicted molar refractivity (Wildman–Crippen MR) is 85.8 cm³/mol. The maximum absolute atomic E-state index is 12.7. The number of nitrogens with zero attached hydrogens (tertiary/aromatic N) is 2. The minimum Gasteiger partial charge on any atom is -0.385 e. The summed E-state index contributed by atoms with van der Waals surface area (Å²) in [7, 11) is 1.68. The van der Waals surface area contributed by atoms with Crippen molar-refractivity contribution in [2.45, 2.75) is 32.7 Å².